The number of hydrogen-bond donors (Lipinski definition) is 0. The van der Waals surface area contributed by atoms with Crippen LogP contribution in [-0.2, 0) is 11.3 Å². The molecule has 0 radical (unpaired) electrons. The molecule has 0 aliphatic carbocycles. The van der Waals surface area contributed by atoms with Gasteiger partial charge in [0.25, 0.3) is 0 Å². The summed E-state index contributed by atoms with van der Waals surface area (Å²) < 4.78 is 19.1. The van der Waals surface area contributed by atoms with Gasteiger partial charge in [-0.1, -0.05) is 42.5 Å². The van der Waals surface area contributed by atoms with Crippen molar-refractivity contribution in [3.63, 3.8) is 0 Å². The summed E-state index contributed by atoms with van der Waals surface area (Å²) in [7, 11) is 1.90. The predicted octanol–water partition coefficient (Wildman–Crippen LogP) is 2.87. The van der Waals surface area contributed by atoms with Crippen LogP contribution in [-0.4, -0.2) is 73.0 Å². The normalized spacial score (nSPS) is 16.1. The molecule has 1 atom stereocenters. The molecule has 0 bridgehead atoms. The summed E-state index contributed by atoms with van der Waals surface area (Å²) in [5, 5.41) is 0. The number of carbonyl (C=O) groups excluding carboxylic acids is 1. The Bertz CT molecular complexity index is 779. The standard InChI is InChI=1S/C23H30FN3O2/c1-19(25(2)16-17-29-22-11-7-6-10-21(22)24)23(28)27-14-12-26(13-15-27)18-20-8-4-3-5-9-20/h3-11,19H,12-18H2,1-2H3. The van der Waals surface area contributed by atoms with Gasteiger partial charge >= 0.3 is 0 Å². The van der Waals surface area contributed by atoms with Crippen LogP contribution >= 0.6 is 0 Å². The lowest BCUT2D eigenvalue weighted by atomic mass is 10.2. The second-order valence-corrected chi connectivity index (χ2v) is 7.52. The summed E-state index contributed by atoms with van der Waals surface area (Å²) in [4.78, 5) is 19.1. The molecule has 1 aliphatic rings. The number of halogens is 1. The van der Waals surface area contributed by atoms with E-state index in [0.29, 0.717) is 13.2 Å². The first-order valence-corrected chi connectivity index (χ1v) is 10.2. The molecule has 0 N–H and O–H groups in total. The molecule has 1 saturated heterocycles. The fraction of sp³-hybridized carbons (Fsp3) is 0.435. The minimum atomic E-state index is -0.368. The van der Waals surface area contributed by atoms with E-state index in [1.807, 2.05) is 29.8 Å². The first-order chi connectivity index (χ1) is 14.0. The molecule has 1 fully saturated rings. The Balaban J connectivity index is 1.41. The van der Waals surface area contributed by atoms with Crippen LogP contribution in [0.1, 0.15) is 12.5 Å². The van der Waals surface area contributed by atoms with E-state index < -0.39 is 0 Å². The summed E-state index contributed by atoms with van der Waals surface area (Å²) in [6.07, 6.45) is 0. The van der Waals surface area contributed by atoms with E-state index in [1.165, 1.54) is 11.6 Å². The van der Waals surface area contributed by atoms with Gasteiger partial charge in [-0.3, -0.25) is 14.6 Å². The van der Waals surface area contributed by atoms with E-state index >= 15 is 0 Å². The Labute approximate surface area is 172 Å². The van der Waals surface area contributed by atoms with Crippen LogP contribution in [0.15, 0.2) is 54.6 Å². The van der Waals surface area contributed by atoms with Crippen LogP contribution in [0.25, 0.3) is 0 Å². The highest BCUT2D eigenvalue weighted by Gasteiger charge is 2.27. The summed E-state index contributed by atoms with van der Waals surface area (Å²) >= 11 is 0. The van der Waals surface area contributed by atoms with Gasteiger partial charge in [-0.2, -0.15) is 0 Å². The van der Waals surface area contributed by atoms with Crippen molar-refractivity contribution in [3.05, 3.63) is 66.0 Å². The zero-order valence-corrected chi connectivity index (χ0v) is 17.3. The average molecular weight is 400 g/mol. The topological polar surface area (TPSA) is 36.0 Å². The maximum atomic E-state index is 13.6. The van der Waals surface area contributed by atoms with E-state index in [9.17, 15) is 9.18 Å². The number of para-hydroxylation sites is 1. The number of hydrogen-bond acceptors (Lipinski definition) is 4. The molecule has 1 unspecified atom stereocenters. The maximum Gasteiger partial charge on any atom is 0.239 e. The molecule has 2 aromatic rings. The number of benzene rings is 2. The Morgan fingerprint density at radius 3 is 2.41 bits per heavy atom. The third-order valence-corrected chi connectivity index (χ3v) is 5.49. The van der Waals surface area contributed by atoms with Gasteiger partial charge in [0.15, 0.2) is 11.6 Å². The SMILES string of the molecule is CC(C(=O)N1CCN(Cc2ccccc2)CC1)N(C)CCOc1ccccc1F. The number of rotatable bonds is 8. The van der Waals surface area contributed by atoms with E-state index in [4.69, 9.17) is 4.74 Å². The van der Waals surface area contributed by atoms with Gasteiger partial charge < -0.3 is 9.64 Å². The van der Waals surface area contributed by atoms with Crippen molar-refractivity contribution >= 4 is 5.91 Å². The van der Waals surface area contributed by atoms with Crippen LogP contribution < -0.4 is 4.74 Å². The van der Waals surface area contributed by atoms with Gasteiger partial charge in [-0.05, 0) is 31.7 Å². The molecule has 6 heteroatoms. The second-order valence-electron chi connectivity index (χ2n) is 7.52. The first-order valence-electron chi connectivity index (χ1n) is 10.2. The highest BCUT2D eigenvalue weighted by molar-refractivity contribution is 5.81. The van der Waals surface area contributed by atoms with Gasteiger partial charge in [0.1, 0.15) is 6.61 Å². The van der Waals surface area contributed by atoms with Crippen molar-refractivity contribution < 1.29 is 13.9 Å². The fourth-order valence-electron chi connectivity index (χ4n) is 3.48. The Morgan fingerprint density at radius 1 is 1.07 bits per heavy atom. The molecule has 156 valence electrons. The molecule has 0 aromatic heterocycles. The molecule has 29 heavy (non-hydrogen) atoms. The molecule has 2 aromatic carbocycles. The van der Waals surface area contributed by atoms with Gasteiger partial charge in [0.05, 0.1) is 6.04 Å². The predicted molar refractivity (Wildman–Crippen MR) is 112 cm³/mol. The van der Waals surface area contributed by atoms with Crippen molar-refractivity contribution in [3.8, 4) is 5.75 Å². The molecule has 5 nitrogen and oxygen atoms in total. The molecular weight excluding hydrogens is 369 g/mol. The molecular formula is C23H30FN3O2. The van der Waals surface area contributed by atoms with Crippen LogP contribution in [0, 0.1) is 5.82 Å². The molecule has 1 heterocycles. The highest BCUT2D eigenvalue weighted by atomic mass is 19.1. The van der Waals surface area contributed by atoms with Gasteiger partial charge in [0.2, 0.25) is 5.91 Å². The van der Waals surface area contributed by atoms with Gasteiger partial charge in [0, 0.05) is 39.3 Å². The Hall–Kier alpha value is -2.44. The summed E-state index contributed by atoms with van der Waals surface area (Å²) in [6, 6.07) is 16.5. The number of ether oxygens (including phenoxy) is 1. The second kappa shape index (κ2) is 10.4. The quantitative estimate of drug-likeness (QED) is 0.684. The van der Waals surface area contributed by atoms with E-state index in [0.717, 1.165) is 32.7 Å². The van der Waals surface area contributed by atoms with Crippen molar-refractivity contribution in [1.29, 1.82) is 0 Å². The van der Waals surface area contributed by atoms with E-state index in [-0.39, 0.29) is 23.5 Å². The minimum Gasteiger partial charge on any atom is -0.489 e. The summed E-state index contributed by atoms with van der Waals surface area (Å²) in [6.45, 7) is 6.98. The highest BCUT2D eigenvalue weighted by Crippen LogP contribution is 2.15. The number of piperazine rings is 1. The third-order valence-electron chi connectivity index (χ3n) is 5.49. The monoisotopic (exact) mass is 399 g/mol. The minimum absolute atomic E-state index is 0.137. The molecule has 3 rings (SSSR count). The molecule has 0 spiro atoms. The summed E-state index contributed by atoms with van der Waals surface area (Å²) in [5.41, 5.74) is 1.30. The largest absolute Gasteiger partial charge is 0.489 e. The number of carbonyl (C=O) groups is 1. The summed E-state index contributed by atoms with van der Waals surface area (Å²) in [5.74, 6) is 0.0137. The fourth-order valence-corrected chi connectivity index (χ4v) is 3.48. The van der Waals surface area contributed by atoms with Crippen molar-refractivity contribution in [1.82, 2.24) is 14.7 Å². The molecule has 1 aliphatic heterocycles. The Morgan fingerprint density at radius 2 is 1.72 bits per heavy atom. The Kier molecular flexibility index (Phi) is 7.61. The zero-order valence-electron chi connectivity index (χ0n) is 17.3. The number of amides is 1. The lowest BCUT2D eigenvalue weighted by molar-refractivity contribution is -0.137. The zero-order chi connectivity index (χ0) is 20.6. The van der Waals surface area contributed by atoms with Crippen LogP contribution in [0.2, 0.25) is 0 Å². The maximum absolute atomic E-state index is 13.6. The smallest absolute Gasteiger partial charge is 0.239 e. The average Bonchev–Trinajstić information content (AvgIpc) is 2.75. The van der Waals surface area contributed by atoms with Gasteiger partial charge in [-0.25, -0.2) is 4.39 Å². The lowest BCUT2D eigenvalue weighted by Crippen LogP contribution is -2.53. The van der Waals surface area contributed by atoms with Crippen LogP contribution in [0.3, 0.4) is 0 Å². The van der Waals surface area contributed by atoms with E-state index in [1.54, 1.807) is 18.2 Å². The van der Waals surface area contributed by atoms with Crippen molar-refractivity contribution in [2.75, 3.05) is 46.4 Å². The molecule has 0 saturated carbocycles. The van der Waals surface area contributed by atoms with E-state index in [2.05, 4.69) is 29.2 Å². The number of likely N-dealkylation sites (N-methyl/N-ethyl adjacent to an activating group) is 1. The molecule has 1 amide bonds. The number of nitrogens with zero attached hydrogens (tertiary/aromatic N) is 3. The van der Waals surface area contributed by atoms with Crippen molar-refractivity contribution in [2.24, 2.45) is 0 Å². The van der Waals surface area contributed by atoms with Crippen LogP contribution in [0.4, 0.5) is 4.39 Å². The third kappa shape index (κ3) is 6.02. The van der Waals surface area contributed by atoms with Crippen molar-refractivity contribution in [2.45, 2.75) is 19.5 Å². The van der Waals surface area contributed by atoms with Gasteiger partial charge in [-0.15, -0.1) is 0 Å². The first kappa shape index (κ1) is 21.3. The van der Waals surface area contributed by atoms with Crippen LogP contribution in [0.5, 0.6) is 5.75 Å². The lowest BCUT2D eigenvalue weighted by Gasteiger charge is -2.37.